The van der Waals surface area contributed by atoms with Gasteiger partial charge in [0.2, 0.25) is 0 Å². The summed E-state index contributed by atoms with van der Waals surface area (Å²) in [7, 11) is 0. The average Bonchev–Trinajstić information content (AvgIpc) is 2.80. The highest BCUT2D eigenvalue weighted by atomic mass is 16.2. The number of amides is 3. The number of nitriles is 1. The van der Waals surface area contributed by atoms with E-state index in [1.54, 1.807) is 31.2 Å². The summed E-state index contributed by atoms with van der Waals surface area (Å²) in [5.41, 5.74) is 0.780. The van der Waals surface area contributed by atoms with E-state index < -0.39 is 11.6 Å². The third kappa shape index (κ3) is 2.55. The molecule has 0 bridgehead atoms. The molecule has 23 heavy (non-hydrogen) atoms. The van der Waals surface area contributed by atoms with Crippen LogP contribution in [-0.4, -0.2) is 16.8 Å². The fourth-order valence-corrected chi connectivity index (χ4v) is 2.70. The first-order valence-corrected chi connectivity index (χ1v) is 7.23. The lowest BCUT2D eigenvalue weighted by atomic mass is 9.91. The van der Waals surface area contributed by atoms with Crippen LogP contribution < -0.4 is 5.32 Å². The maximum atomic E-state index is 12.8. The Hall–Kier alpha value is -3.13. The summed E-state index contributed by atoms with van der Waals surface area (Å²) in [5.74, 6) is -0.318. The van der Waals surface area contributed by atoms with Gasteiger partial charge in [-0.2, -0.15) is 5.26 Å². The molecule has 1 heterocycles. The molecule has 1 aliphatic heterocycles. The van der Waals surface area contributed by atoms with Crippen LogP contribution in [0.4, 0.5) is 4.79 Å². The predicted molar refractivity (Wildman–Crippen MR) is 84.0 cm³/mol. The molecule has 0 radical (unpaired) electrons. The molecule has 1 fully saturated rings. The van der Waals surface area contributed by atoms with Crippen molar-refractivity contribution >= 4 is 11.9 Å². The van der Waals surface area contributed by atoms with E-state index in [4.69, 9.17) is 5.26 Å². The predicted octanol–water partition coefficient (Wildman–Crippen LogP) is 2.53. The molecule has 1 aliphatic rings. The number of carbonyl (C=O) groups is 2. The van der Waals surface area contributed by atoms with Crippen LogP contribution in [0.15, 0.2) is 54.6 Å². The van der Waals surface area contributed by atoms with Crippen molar-refractivity contribution in [1.82, 2.24) is 10.2 Å². The van der Waals surface area contributed by atoms with Gasteiger partial charge in [0.15, 0.2) is 0 Å². The fraction of sp³-hybridized carbons (Fsp3) is 0.167. The highest BCUT2D eigenvalue weighted by molar-refractivity contribution is 6.07. The third-order valence-electron chi connectivity index (χ3n) is 4.03. The maximum absolute atomic E-state index is 12.8. The molecule has 1 atom stereocenters. The SMILES string of the molecule is C[C@@]1(c2cccc(C#N)c2)NC(=O)N(Cc2ccccc2)C1=O. The molecule has 0 saturated carbocycles. The lowest BCUT2D eigenvalue weighted by molar-refractivity contribution is -0.131. The van der Waals surface area contributed by atoms with Gasteiger partial charge in [0.25, 0.3) is 5.91 Å². The molecule has 3 amide bonds. The molecule has 5 heteroatoms. The van der Waals surface area contributed by atoms with Crippen molar-refractivity contribution in [3.8, 4) is 6.07 Å². The summed E-state index contributed by atoms with van der Waals surface area (Å²) in [6.07, 6.45) is 0. The van der Waals surface area contributed by atoms with E-state index >= 15 is 0 Å². The number of nitrogens with zero attached hydrogens (tertiary/aromatic N) is 2. The summed E-state index contributed by atoms with van der Waals surface area (Å²) < 4.78 is 0. The first-order valence-electron chi connectivity index (χ1n) is 7.23. The molecule has 1 N–H and O–H groups in total. The first kappa shape index (κ1) is 14.8. The van der Waals surface area contributed by atoms with E-state index in [-0.39, 0.29) is 12.5 Å². The minimum atomic E-state index is -1.15. The summed E-state index contributed by atoms with van der Waals surface area (Å²) in [5, 5.41) is 11.8. The van der Waals surface area contributed by atoms with Crippen LogP contribution in [-0.2, 0) is 16.9 Å². The Morgan fingerprint density at radius 2 is 1.87 bits per heavy atom. The molecular weight excluding hydrogens is 290 g/mol. The standard InChI is InChI=1S/C18H15N3O2/c1-18(15-9-5-8-14(10-15)11-19)16(22)21(17(23)20-18)12-13-6-3-2-4-7-13/h2-10H,12H2,1H3,(H,20,23)/t18-/m0/s1. The van der Waals surface area contributed by atoms with Gasteiger partial charge >= 0.3 is 6.03 Å². The van der Waals surface area contributed by atoms with Crippen molar-refractivity contribution in [3.05, 3.63) is 71.3 Å². The quantitative estimate of drug-likeness (QED) is 0.886. The molecule has 2 aromatic carbocycles. The minimum Gasteiger partial charge on any atom is -0.319 e. The van der Waals surface area contributed by atoms with E-state index in [9.17, 15) is 9.59 Å². The molecule has 1 saturated heterocycles. The van der Waals surface area contributed by atoms with Gasteiger partial charge in [0.05, 0.1) is 18.2 Å². The summed E-state index contributed by atoms with van der Waals surface area (Å²) >= 11 is 0. The van der Waals surface area contributed by atoms with Gasteiger partial charge in [-0.3, -0.25) is 9.69 Å². The monoisotopic (exact) mass is 305 g/mol. The van der Waals surface area contributed by atoms with Crippen LogP contribution in [0.2, 0.25) is 0 Å². The van der Waals surface area contributed by atoms with Gasteiger partial charge in [0, 0.05) is 0 Å². The highest BCUT2D eigenvalue weighted by Crippen LogP contribution is 2.30. The zero-order chi connectivity index (χ0) is 16.4. The summed E-state index contributed by atoms with van der Waals surface area (Å²) in [4.78, 5) is 26.3. The van der Waals surface area contributed by atoms with E-state index in [2.05, 4.69) is 5.32 Å². The minimum absolute atomic E-state index is 0.221. The lowest BCUT2D eigenvalue weighted by Crippen LogP contribution is -2.40. The number of hydrogen-bond acceptors (Lipinski definition) is 3. The van der Waals surface area contributed by atoms with Gasteiger partial charge in [-0.25, -0.2) is 4.79 Å². The Labute approximate surface area is 134 Å². The average molecular weight is 305 g/mol. The molecule has 3 rings (SSSR count). The molecule has 114 valence electrons. The van der Waals surface area contributed by atoms with Crippen molar-refractivity contribution in [3.63, 3.8) is 0 Å². The van der Waals surface area contributed by atoms with Crippen molar-refractivity contribution in [2.24, 2.45) is 0 Å². The van der Waals surface area contributed by atoms with Crippen LogP contribution in [0.1, 0.15) is 23.6 Å². The zero-order valence-corrected chi connectivity index (χ0v) is 12.6. The Bertz CT molecular complexity index is 811. The van der Waals surface area contributed by atoms with Crippen LogP contribution in [0, 0.1) is 11.3 Å². The molecule has 2 aromatic rings. The lowest BCUT2D eigenvalue weighted by Gasteiger charge is -2.22. The van der Waals surface area contributed by atoms with Gasteiger partial charge in [0.1, 0.15) is 5.54 Å². The van der Waals surface area contributed by atoms with Crippen molar-refractivity contribution in [2.75, 3.05) is 0 Å². The molecular formula is C18H15N3O2. The Morgan fingerprint density at radius 3 is 2.57 bits per heavy atom. The number of carbonyl (C=O) groups excluding carboxylic acids is 2. The third-order valence-corrected chi connectivity index (χ3v) is 4.03. The normalized spacial score (nSPS) is 20.3. The van der Waals surface area contributed by atoms with Crippen LogP contribution in [0.5, 0.6) is 0 Å². The Morgan fingerprint density at radius 1 is 1.13 bits per heavy atom. The van der Waals surface area contributed by atoms with E-state index in [0.29, 0.717) is 11.1 Å². The first-order chi connectivity index (χ1) is 11.0. The molecule has 0 unspecified atom stereocenters. The molecule has 0 aliphatic carbocycles. The number of rotatable bonds is 3. The van der Waals surface area contributed by atoms with E-state index in [1.165, 1.54) is 4.90 Å². The van der Waals surface area contributed by atoms with Crippen molar-refractivity contribution in [1.29, 1.82) is 5.26 Å². The molecule has 0 aromatic heterocycles. The zero-order valence-electron chi connectivity index (χ0n) is 12.6. The molecule has 0 spiro atoms. The van der Waals surface area contributed by atoms with Crippen LogP contribution in [0.3, 0.4) is 0 Å². The maximum Gasteiger partial charge on any atom is 0.325 e. The Kier molecular flexibility index (Phi) is 3.59. The smallest absolute Gasteiger partial charge is 0.319 e. The van der Waals surface area contributed by atoms with Gasteiger partial charge in [-0.1, -0.05) is 42.5 Å². The van der Waals surface area contributed by atoms with E-state index in [0.717, 1.165) is 5.56 Å². The highest BCUT2D eigenvalue weighted by Gasteiger charge is 2.48. The second kappa shape index (κ2) is 5.58. The number of benzene rings is 2. The molecule has 5 nitrogen and oxygen atoms in total. The van der Waals surface area contributed by atoms with E-state index in [1.807, 2.05) is 36.4 Å². The van der Waals surface area contributed by atoms with Crippen molar-refractivity contribution < 1.29 is 9.59 Å². The van der Waals surface area contributed by atoms with Gasteiger partial charge in [-0.15, -0.1) is 0 Å². The van der Waals surface area contributed by atoms with Crippen LogP contribution >= 0.6 is 0 Å². The topological polar surface area (TPSA) is 73.2 Å². The number of hydrogen-bond donors (Lipinski definition) is 1. The summed E-state index contributed by atoms with van der Waals surface area (Å²) in [6, 6.07) is 17.7. The van der Waals surface area contributed by atoms with Crippen LogP contribution in [0.25, 0.3) is 0 Å². The Balaban J connectivity index is 1.92. The second-order valence-electron chi connectivity index (χ2n) is 5.62. The number of nitrogens with one attached hydrogen (secondary N) is 1. The van der Waals surface area contributed by atoms with Crippen molar-refractivity contribution in [2.45, 2.75) is 19.0 Å². The largest absolute Gasteiger partial charge is 0.325 e. The second-order valence-corrected chi connectivity index (χ2v) is 5.62. The number of imide groups is 1. The summed E-state index contributed by atoms with van der Waals surface area (Å²) in [6.45, 7) is 1.88. The van der Waals surface area contributed by atoms with Gasteiger partial charge < -0.3 is 5.32 Å². The van der Waals surface area contributed by atoms with Gasteiger partial charge in [-0.05, 0) is 30.2 Å². The number of urea groups is 1. The fourth-order valence-electron chi connectivity index (χ4n) is 2.70.